The van der Waals surface area contributed by atoms with Gasteiger partial charge in [-0.2, -0.15) is 4.39 Å². The van der Waals surface area contributed by atoms with E-state index >= 15 is 4.39 Å². The third-order valence-corrected chi connectivity index (χ3v) is 5.82. The van der Waals surface area contributed by atoms with Crippen molar-refractivity contribution in [1.82, 2.24) is 0 Å². The number of hydrogen-bond acceptors (Lipinski definition) is 2. The minimum Gasteiger partial charge on any atom is -0.493 e. The fourth-order valence-corrected chi connectivity index (χ4v) is 4.14. The molecule has 0 bridgehead atoms. The number of ether oxygens (including phenoxy) is 2. The average Bonchev–Trinajstić information content (AvgIpc) is 2.74. The SMILES string of the molecule is CCCCOc1cc2c(c(F)c1F)-c1c(cc(C3CCC(C)=CO3)c(F)c1F)CC2. The van der Waals surface area contributed by atoms with Crippen LogP contribution in [0.2, 0.25) is 0 Å². The first-order chi connectivity index (χ1) is 14.4. The van der Waals surface area contributed by atoms with Crippen LogP contribution in [0.3, 0.4) is 0 Å². The maximum atomic E-state index is 15.1. The second-order valence-electron chi connectivity index (χ2n) is 7.99. The van der Waals surface area contributed by atoms with Crippen LogP contribution >= 0.6 is 0 Å². The second-order valence-corrected chi connectivity index (χ2v) is 7.99. The third-order valence-electron chi connectivity index (χ3n) is 5.82. The Balaban J connectivity index is 1.77. The van der Waals surface area contributed by atoms with E-state index in [4.69, 9.17) is 9.47 Å². The summed E-state index contributed by atoms with van der Waals surface area (Å²) in [6.45, 7) is 4.14. The Kier molecular flexibility index (Phi) is 5.76. The minimum atomic E-state index is -1.20. The number of rotatable bonds is 5. The molecule has 0 amide bonds. The number of unbranched alkanes of at least 4 members (excludes halogenated alkanes) is 1. The van der Waals surface area contributed by atoms with Gasteiger partial charge < -0.3 is 9.47 Å². The fraction of sp³-hybridized carbons (Fsp3) is 0.417. The molecule has 2 aliphatic rings. The highest BCUT2D eigenvalue weighted by Gasteiger charge is 2.32. The Morgan fingerprint density at radius 3 is 2.23 bits per heavy atom. The van der Waals surface area contributed by atoms with E-state index in [2.05, 4.69) is 0 Å². The molecule has 2 nitrogen and oxygen atoms in total. The Hall–Kier alpha value is -2.50. The van der Waals surface area contributed by atoms with E-state index in [9.17, 15) is 13.2 Å². The molecule has 6 heteroatoms. The quantitative estimate of drug-likeness (QED) is 0.385. The average molecular weight is 420 g/mol. The van der Waals surface area contributed by atoms with E-state index in [0.29, 0.717) is 36.8 Å². The summed E-state index contributed by atoms with van der Waals surface area (Å²) in [6.07, 6.45) is 4.59. The molecule has 4 rings (SSSR count). The number of halogens is 4. The van der Waals surface area contributed by atoms with Crippen molar-refractivity contribution >= 4 is 0 Å². The van der Waals surface area contributed by atoms with Crippen molar-refractivity contribution in [3.05, 3.63) is 63.9 Å². The molecular weight excluding hydrogens is 396 g/mol. The van der Waals surface area contributed by atoms with E-state index < -0.39 is 29.4 Å². The number of fused-ring (bicyclic) bond motifs is 3. The van der Waals surface area contributed by atoms with Crippen LogP contribution < -0.4 is 4.74 Å². The van der Waals surface area contributed by atoms with Crippen molar-refractivity contribution in [2.75, 3.05) is 6.61 Å². The summed E-state index contributed by atoms with van der Waals surface area (Å²) in [6, 6.07) is 2.95. The van der Waals surface area contributed by atoms with Gasteiger partial charge in [-0.25, -0.2) is 13.2 Å². The lowest BCUT2D eigenvalue weighted by atomic mass is 9.82. The molecule has 2 aromatic rings. The van der Waals surface area contributed by atoms with Crippen LogP contribution in [0.5, 0.6) is 5.75 Å². The smallest absolute Gasteiger partial charge is 0.201 e. The number of benzene rings is 2. The lowest BCUT2D eigenvalue weighted by Gasteiger charge is -2.27. The van der Waals surface area contributed by atoms with Gasteiger partial charge in [0, 0.05) is 16.7 Å². The van der Waals surface area contributed by atoms with Crippen LogP contribution in [0.15, 0.2) is 24.0 Å². The lowest BCUT2D eigenvalue weighted by Crippen LogP contribution is -2.15. The number of hydrogen-bond donors (Lipinski definition) is 0. The van der Waals surface area contributed by atoms with E-state index in [1.165, 1.54) is 6.07 Å². The summed E-state index contributed by atoms with van der Waals surface area (Å²) in [4.78, 5) is 0. The molecule has 0 radical (unpaired) electrons. The Bertz CT molecular complexity index is 1010. The van der Waals surface area contributed by atoms with Gasteiger partial charge in [0.1, 0.15) is 6.10 Å². The largest absolute Gasteiger partial charge is 0.493 e. The van der Waals surface area contributed by atoms with Crippen LogP contribution in [0.4, 0.5) is 17.6 Å². The van der Waals surface area contributed by atoms with Gasteiger partial charge in [-0.3, -0.25) is 0 Å². The zero-order chi connectivity index (χ0) is 21.4. The molecule has 2 aromatic carbocycles. The van der Waals surface area contributed by atoms with Crippen molar-refractivity contribution in [1.29, 1.82) is 0 Å². The van der Waals surface area contributed by atoms with Gasteiger partial charge in [0.05, 0.1) is 12.9 Å². The van der Waals surface area contributed by atoms with Crippen molar-refractivity contribution < 1.29 is 27.0 Å². The molecule has 0 saturated heterocycles. The topological polar surface area (TPSA) is 18.5 Å². The molecule has 160 valence electrons. The summed E-state index contributed by atoms with van der Waals surface area (Å²) < 4.78 is 70.6. The predicted molar refractivity (Wildman–Crippen MR) is 106 cm³/mol. The van der Waals surface area contributed by atoms with Gasteiger partial charge in [0.2, 0.25) is 5.82 Å². The summed E-state index contributed by atoms with van der Waals surface area (Å²) >= 11 is 0. The molecule has 30 heavy (non-hydrogen) atoms. The van der Waals surface area contributed by atoms with E-state index in [0.717, 1.165) is 18.4 Å². The third kappa shape index (κ3) is 3.57. The van der Waals surface area contributed by atoms with Crippen LogP contribution in [-0.4, -0.2) is 6.61 Å². The molecule has 1 atom stereocenters. The Morgan fingerprint density at radius 2 is 1.60 bits per heavy atom. The molecule has 0 saturated carbocycles. The Labute approximate surface area is 173 Å². The van der Waals surface area contributed by atoms with Crippen molar-refractivity contribution in [2.45, 2.75) is 58.5 Å². The van der Waals surface area contributed by atoms with E-state index in [1.807, 2.05) is 13.8 Å². The molecular formula is C24H24F4O2. The molecule has 0 aromatic heterocycles. The molecule has 0 fully saturated rings. The molecule has 1 aliphatic carbocycles. The van der Waals surface area contributed by atoms with Gasteiger partial charge in [-0.05, 0) is 67.9 Å². The van der Waals surface area contributed by atoms with Crippen LogP contribution in [0.25, 0.3) is 11.1 Å². The Morgan fingerprint density at radius 1 is 0.933 bits per heavy atom. The molecule has 1 heterocycles. The van der Waals surface area contributed by atoms with Gasteiger partial charge in [-0.15, -0.1) is 0 Å². The summed E-state index contributed by atoms with van der Waals surface area (Å²) in [5.74, 6) is -4.77. The fourth-order valence-electron chi connectivity index (χ4n) is 4.14. The second kappa shape index (κ2) is 8.32. The van der Waals surface area contributed by atoms with Crippen LogP contribution in [-0.2, 0) is 17.6 Å². The van der Waals surface area contributed by atoms with Crippen molar-refractivity contribution in [3.63, 3.8) is 0 Å². The number of aryl methyl sites for hydroxylation is 2. The van der Waals surface area contributed by atoms with Gasteiger partial charge >= 0.3 is 0 Å². The maximum absolute atomic E-state index is 15.1. The normalized spacial score (nSPS) is 17.7. The van der Waals surface area contributed by atoms with Crippen molar-refractivity contribution in [3.8, 4) is 16.9 Å². The van der Waals surface area contributed by atoms with Crippen LogP contribution in [0, 0.1) is 23.3 Å². The maximum Gasteiger partial charge on any atom is 0.201 e. The minimum absolute atomic E-state index is 0.124. The highest BCUT2D eigenvalue weighted by atomic mass is 19.2. The van der Waals surface area contributed by atoms with Crippen molar-refractivity contribution in [2.24, 2.45) is 0 Å². The first-order valence-electron chi connectivity index (χ1n) is 10.4. The summed E-state index contributed by atoms with van der Waals surface area (Å²) in [7, 11) is 0. The first kappa shape index (κ1) is 20.8. The molecule has 1 unspecified atom stereocenters. The lowest BCUT2D eigenvalue weighted by molar-refractivity contribution is 0.116. The van der Waals surface area contributed by atoms with Gasteiger partial charge in [0.15, 0.2) is 23.2 Å². The summed E-state index contributed by atoms with van der Waals surface area (Å²) in [5.41, 5.74) is 1.64. The zero-order valence-electron chi connectivity index (χ0n) is 17.1. The van der Waals surface area contributed by atoms with E-state index in [1.54, 1.807) is 12.3 Å². The van der Waals surface area contributed by atoms with Crippen LogP contribution in [0.1, 0.15) is 62.3 Å². The van der Waals surface area contributed by atoms with E-state index in [-0.39, 0.29) is 29.0 Å². The number of allylic oxidation sites excluding steroid dienone is 1. The first-order valence-corrected chi connectivity index (χ1v) is 10.4. The summed E-state index contributed by atoms with van der Waals surface area (Å²) in [5, 5.41) is 0. The molecule has 0 spiro atoms. The monoisotopic (exact) mass is 420 g/mol. The van der Waals surface area contributed by atoms with Gasteiger partial charge in [0.25, 0.3) is 0 Å². The highest BCUT2D eigenvalue weighted by Crippen LogP contribution is 2.44. The highest BCUT2D eigenvalue weighted by molar-refractivity contribution is 5.76. The predicted octanol–water partition coefficient (Wildman–Crippen LogP) is 6.94. The molecule has 1 aliphatic heterocycles. The zero-order valence-corrected chi connectivity index (χ0v) is 17.1. The standard InChI is InChI=1S/C24H24F4O2/c1-3-4-9-29-18-11-15-7-6-14-10-16(17-8-5-13(2)12-30-17)21(25)23(27)19(14)20(15)24(28)22(18)26/h10-12,17H,3-9H2,1-2H3. The van der Waals surface area contributed by atoms with Gasteiger partial charge in [-0.1, -0.05) is 13.3 Å². The molecule has 0 N–H and O–H groups in total.